The van der Waals surface area contributed by atoms with E-state index in [0.29, 0.717) is 6.04 Å². The van der Waals surface area contributed by atoms with E-state index in [1.54, 1.807) is 11.3 Å². The van der Waals surface area contributed by atoms with E-state index < -0.39 is 0 Å². The van der Waals surface area contributed by atoms with E-state index in [-0.39, 0.29) is 24.0 Å². The van der Waals surface area contributed by atoms with Crippen LogP contribution in [-0.2, 0) is 6.54 Å². The van der Waals surface area contributed by atoms with E-state index in [1.807, 2.05) is 13.2 Å². The zero-order valence-electron chi connectivity index (χ0n) is 16.0. The molecule has 1 saturated heterocycles. The Morgan fingerprint density at radius 1 is 1.26 bits per heavy atom. The van der Waals surface area contributed by atoms with Crippen LogP contribution in [0.1, 0.15) is 28.4 Å². The third kappa shape index (κ3) is 6.13. The summed E-state index contributed by atoms with van der Waals surface area (Å²) in [4.78, 5) is 15.0. The normalized spacial score (nSPS) is 16.7. The molecular formula is C19H27BrIN5S. The van der Waals surface area contributed by atoms with Gasteiger partial charge in [-0.3, -0.25) is 9.89 Å². The summed E-state index contributed by atoms with van der Waals surface area (Å²) in [6.07, 6.45) is 1.92. The van der Waals surface area contributed by atoms with Gasteiger partial charge in [0, 0.05) is 54.8 Å². The van der Waals surface area contributed by atoms with E-state index in [4.69, 9.17) is 0 Å². The molecule has 1 fully saturated rings. The average molecular weight is 564 g/mol. The molecule has 0 spiro atoms. The van der Waals surface area contributed by atoms with Crippen LogP contribution in [0.2, 0.25) is 0 Å². The molecule has 3 rings (SSSR count). The highest BCUT2D eigenvalue weighted by molar-refractivity contribution is 14.0. The highest BCUT2D eigenvalue weighted by Gasteiger charge is 2.23. The topological polar surface area (TPSA) is 43.8 Å². The van der Waals surface area contributed by atoms with Gasteiger partial charge >= 0.3 is 0 Å². The molecule has 0 bridgehead atoms. The van der Waals surface area contributed by atoms with Crippen LogP contribution in [0.25, 0.3) is 0 Å². The number of halogens is 2. The highest BCUT2D eigenvalue weighted by atomic mass is 127. The number of aliphatic imine (C=N–C) groups is 1. The van der Waals surface area contributed by atoms with Gasteiger partial charge in [-0.05, 0) is 31.5 Å². The molecule has 0 radical (unpaired) electrons. The predicted molar refractivity (Wildman–Crippen MR) is 128 cm³/mol. The first-order chi connectivity index (χ1) is 12.6. The number of benzene rings is 1. The van der Waals surface area contributed by atoms with Gasteiger partial charge in [0.1, 0.15) is 5.01 Å². The van der Waals surface area contributed by atoms with Crippen LogP contribution >= 0.6 is 51.2 Å². The minimum absolute atomic E-state index is 0. The van der Waals surface area contributed by atoms with Crippen molar-refractivity contribution >= 4 is 57.2 Å². The second-order valence-corrected chi connectivity index (χ2v) is 8.75. The third-order valence-corrected chi connectivity index (χ3v) is 6.23. The molecule has 8 heteroatoms. The van der Waals surface area contributed by atoms with Gasteiger partial charge in [0.15, 0.2) is 5.96 Å². The number of hydrogen-bond acceptors (Lipinski definition) is 4. The van der Waals surface area contributed by atoms with Gasteiger partial charge in [0.05, 0.1) is 6.54 Å². The van der Waals surface area contributed by atoms with Gasteiger partial charge in [0.2, 0.25) is 0 Å². The van der Waals surface area contributed by atoms with Crippen molar-refractivity contribution in [3.8, 4) is 0 Å². The van der Waals surface area contributed by atoms with Crippen molar-refractivity contribution in [3.05, 3.63) is 50.4 Å². The molecule has 0 amide bonds. The number of aromatic nitrogens is 1. The lowest BCUT2D eigenvalue weighted by molar-refractivity contribution is 0.138. The van der Waals surface area contributed by atoms with E-state index in [9.17, 15) is 0 Å². The van der Waals surface area contributed by atoms with Gasteiger partial charge in [-0.25, -0.2) is 4.98 Å². The molecule has 1 aromatic heterocycles. The molecule has 5 nitrogen and oxygen atoms in total. The van der Waals surface area contributed by atoms with Gasteiger partial charge in [0.25, 0.3) is 0 Å². The van der Waals surface area contributed by atoms with Crippen molar-refractivity contribution in [1.29, 1.82) is 0 Å². The first kappa shape index (κ1) is 22.6. The van der Waals surface area contributed by atoms with Crippen LogP contribution in [0.5, 0.6) is 0 Å². The number of piperazine rings is 1. The fourth-order valence-electron chi connectivity index (χ4n) is 3.24. The number of thiazole rings is 1. The standard InChI is InChI=1S/C19H26BrN5S.HI/c1-14-12-22-18(26-14)13-23-19(21-3)25-10-8-24(9-11-25)15(2)16-4-6-17(20)7-5-16;/h4-7,12,15H,8-11,13H2,1-3H3,(H,21,23);1H. The van der Waals surface area contributed by atoms with Crippen LogP contribution in [0.4, 0.5) is 0 Å². The Balaban J connectivity index is 0.00000261. The number of guanidine groups is 1. The van der Waals surface area contributed by atoms with Crippen molar-refractivity contribution in [3.63, 3.8) is 0 Å². The smallest absolute Gasteiger partial charge is 0.194 e. The second kappa shape index (κ2) is 10.7. The summed E-state index contributed by atoms with van der Waals surface area (Å²) in [6, 6.07) is 9.08. The van der Waals surface area contributed by atoms with Crippen molar-refractivity contribution in [2.45, 2.75) is 26.4 Å². The Morgan fingerprint density at radius 2 is 1.93 bits per heavy atom. The second-order valence-electron chi connectivity index (χ2n) is 6.52. The molecule has 27 heavy (non-hydrogen) atoms. The number of nitrogens with one attached hydrogen (secondary N) is 1. The Labute approximate surface area is 191 Å². The number of nitrogens with zero attached hydrogens (tertiary/aromatic N) is 4. The minimum Gasteiger partial charge on any atom is -0.350 e. The summed E-state index contributed by atoms with van der Waals surface area (Å²) >= 11 is 5.24. The first-order valence-corrected chi connectivity index (χ1v) is 10.5. The average Bonchev–Trinajstić information content (AvgIpc) is 3.08. The fourth-order valence-corrected chi connectivity index (χ4v) is 4.23. The lowest BCUT2D eigenvalue weighted by Crippen LogP contribution is -2.52. The molecule has 1 aromatic carbocycles. The summed E-state index contributed by atoms with van der Waals surface area (Å²) in [6.45, 7) is 9.15. The SMILES string of the molecule is CN=C(NCc1ncc(C)s1)N1CCN(C(C)c2ccc(Br)cc2)CC1.I. The largest absolute Gasteiger partial charge is 0.350 e. The molecule has 2 aromatic rings. The zero-order chi connectivity index (χ0) is 18.5. The fraction of sp³-hybridized carbons (Fsp3) is 0.474. The molecule has 0 saturated carbocycles. The van der Waals surface area contributed by atoms with Gasteiger partial charge < -0.3 is 10.2 Å². The lowest BCUT2D eigenvalue weighted by Gasteiger charge is -2.39. The summed E-state index contributed by atoms with van der Waals surface area (Å²) in [5, 5.41) is 4.55. The minimum atomic E-state index is 0. The number of rotatable bonds is 4. The lowest BCUT2D eigenvalue weighted by atomic mass is 10.1. The number of hydrogen-bond donors (Lipinski definition) is 1. The van der Waals surface area contributed by atoms with Crippen molar-refractivity contribution in [2.75, 3.05) is 33.2 Å². The van der Waals surface area contributed by atoms with Crippen LogP contribution in [-0.4, -0.2) is 54.0 Å². The highest BCUT2D eigenvalue weighted by Crippen LogP contribution is 2.23. The molecule has 0 aliphatic carbocycles. The van der Waals surface area contributed by atoms with Crippen LogP contribution < -0.4 is 5.32 Å². The van der Waals surface area contributed by atoms with Gasteiger partial charge in [-0.1, -0.05) is 28.1 Å². The molecular weight excluding hydrogens is 537 g/mol. The maximum absolute atomic E-state index is 4.46. The monoisotopic (exact) mass is 563 g/mol. The summed E-state index contributed by atoms with van der Waals surface area (Å²) < 4.78 is 1.13. The molecule has 1 N–H and O–H groups in total. The van der Waals surface area contributed by atoms with Crippen LogP contribution in [0, 0.1) is 6.92 Å². The van der Waals surface area contributed by atoms with Crippen molar-refractivity contribution < 1.29 is 0 Å². The Kier molecular flexibility index (Phi) is 8.97. The quantitative estimate of drug-likeness (QED) is 0.342. The van der Waals surface area contributed by atoms with E-state index in [2.05, 4.69) is 79.1 Å². The van der Waals surface area contributed by atoms with Crippen LogP contribution in [0.15, 0.2) is 39.9 Å². The third-order valence-electron chi connectivity index (χ3n) is 4.79. The van der Waals surface area contributed by atoms with Crippen LogP contribution in [0.3, 0.4) is 0 Å². The summed E-state index contributed by atoms with van der Waals surface area (Å²) in [5.74, 6) is 0.966. The first-order valence-electron chi connectivity index (χ1n) is 8.93. The van der Waals surface area contributed by atoms with E-state index in [0.717, 1.165) is 48.2 Å². The van der Waals surface area contributed by atoms with Crippen molar-refractivity contribution in [2.24, 2.45) is 4.99 Å². The molecule has 1 aliphatic rings. The van der Waals surface area contributed by atoms with E-state index in [1.165, 1.54) is 10.4 Å². The van der Waals surface area contributed by atoms with E-state index >= 15 is 0 Å². The Bertz CT molecular complexity index is 741. The zero-order valence-corrected chi connectivity index (χ0v) is 20.7. The van der Waals surface area contributed by atoms with Crippen molar-refractivity contribution in [1.82, 2.24) is 20.1 Å². The number of aryl methyl sites for hydroxylation is 1. The van der Waals surface area contributed by atoms with Gasteiger partial charge in [-0.2, -0.15) is 0 Å². The molecule has 148 valence electrons. The molecule has 1 unspecified atom stereocenters. The molecule has 1 atom stereocenters. The summed E-state index contributed by atoms with van der Waals surface area (Å²) in [7, 11) is 1.85. The molecule has 2 heterocycles. The maximum atomic E-state index is 4.46. The summed E-state index contributed by atoms with van der Waals surface area (Å²) in [5.41, 5.74) is 1.36. The predicted octanol–water partition coefficient (Wildman–Crippen LogP) is 4.29. The Morgan fingerprint density at radius 3 is 2.48 bits per heavy atom. The maximum Gasteiger partial charge on any atom is 0.194 e. The molecule has 1 aliphatic heterocycles. The van der Waals surface area contributed by atoms with Gasteiger partial charge in [-0.15, -0.1) is 35.3 Å². The Hall–Kier alpha value is -0.710.